The second kappa shape index (κ2) is 11.0. The highest BCUT2D eigenvalue weighted by molar-refractivity contribution is 6.05. The Labute approximate surface area is 192 Å². The van der Waals surface area contributed by atoms with Crippen LogP contribution in [0.15, 0.2) is 24.3 Å². The highest BCUT2D eigenvalue weighted by Gasteiger charge is 2.46. The first-order valence-electron chi connectivity index (χ1n) is 10.3. The maximum absolute atomic E-state index is 12.8. The van der Waals surface area contributed by atoms with Crippen molar-refractivity contribution in [3.63, 3.8) is 0 Å². The molecule has 1 aromatic rings. The zero-order chi connectivity index (χ0) is 25.2. The van der Waals surface area contributed by atoms with E-state index in [1.165, 1.54) is 24.3 Å². The Balaban J connectivity index is 1.75. The minimum absolute atomic E-state index is 0.269. The molecule has 0 spiro atoms. The molecule has 0 unspecified atom stereocenters. The highest BCUT2D eigenvalue weighted by Crippen LogP contribution is 2.24. The number of carbonyl (C=O) groups excluding carboxylic acids is 2. The Kier molecular flexibility index (Phi) is 8.53. The van der Waals surface area contributed by atoms with Crippen LogP contribution in [0.1, 0.15) is 20.7 Å². The average Bonchev–Trinajstić information content (AvgIpc) is 2.84. The van der Waals surface area contributed by atoms with Crippen molar-refractivity contribution < 1.29 is 64.7 Å². The van der Waals surface area contributed by atoms with Crippen molar-refractivity contribution in [1.82, 2.24) is 5.32 Å². The van der Waals surface area contributed by atoms with Crippen LogP contribution in [0.25, 0.3) is 0 Å². The van der Waals surface area contributed by atoms with Crippen LogP contribution in [-0.2, 0) is 14.2 Å². The molecule has 2 aliphatic heterocycles. The van der Waals surface area contributed by atoms with E-state index in [1.54, 1.807) is 0 Å². The summed E-state index contributed by atoms with van der Waals surface area (Å²) in [5.41, 5.74) is -0.587. The van der Waals surface area contributed by atoms with Crippen molar-refractivity contribution in [3.05, 3.63) is 35.4 Å². The molecule has 2 saturated heterocycles. The molecule has 1 aromatic carbocycles. The number of carbonyl (C=O) groups is 2. The SMILES string of the molecule is O=C(N[C@@H]1O[C@H](CO)[C@@H](O)[C@H](O)[C@H]1O)c1ccccc1C(=O)O[C@H]1O[C@H](CO)[C@H](O)[C@H](O)[C@H]1O. The van der Waals surface area contributed by atoms with Gasteiger partial charge in [-0.3, -0.25) is 4.79 Å². The van der Waals surface area contributed by atoms with Crippen LogP contribution in [0, 0.1) is 0 Å². The van der Waals surface area contributed by atoms with Crippen LogP contribution in [0.3, 0.4) is 0 Å². The largest absolute Gasteiger partial charge is 0.429 e. The predicted molar refractivity (Wildman–Crippen MR) is 107 cm³/mol. The van der Waals surface area contributed by atoms with E-state index in [0.717, 1.165) is 0 Å². The van der Waals surface area contributed by atoms with Crippen molar-refractivity contribution in [2.75, 3.05) is 13.2 Å². The molecule has 0 radical (unpaired) electrons. The Morgan fingerprint density at radius 1 is 0.765 bits per heavy atom. The number of benzene rings is 1. The first kappa shape index (κ1) is 26.4. The molecule has 10 atom stereocenters. The minimum atomic E-state index is -1.85. The third-order valence-electron chi connectivity index (χ3n) is 5.63. The van der Waals surface area contributed by atoms with Crippen molar-refractivity contribution >= 4 is 11.9 Å². The Bertz CT molecular complexity index is 796. The van der Waals surface area contributed by atoms with Gasteiger partial charge < -0.3 is 60.4 Å². The summed E-state index contributed by atoms with van der Waals surface area (Å²) >= 11 is 0. The van der Waals surface area contributed by atoms with Crippen LogP contribution in [0.5, 0.6) is 0 Å². The van der Waals surface area contributed by atoms with E-state index >= 15 is 0 Å². The molecule has 2 heterocycles. The summed E-state index contributed by atoms with van der Waals surface area (Å²) in [6, 6.07) is 5.24. The summed E-state index contributed by atoms with van der Waals surface area (Å²) in [5.74, 6) is -2.12. The van der Waals surface area contributed by atoms with Gasteiger partial charge in [0.25, 0.3) is 5.91 Å². The molecule has 2 fully saturated rings. The molecule has 14 nitrogen and oxygen atoms in total. The Morgan fingerprint density at radius 2 is 1.29 bits per heavy atom. The third-order valence-corrected chi connectivity index (χ3v) is 5.63. The van der Waals surface area contributed by atoms with Gasteiger partial charge in [0.2, 0.25) is 6.29 Å². The van der Waals surface area contributed by atoms with E-state index in [0.29, 0.717) is 0 Å². The van der Waals surface area contributed by atoms with Gasteiger partial charge in [-0.2, -0.15) is 0 Å². The lowest BCUT2D eigenvalue weighted by molar-refractivity contribution is -0.285. The van der Waals surface area contributed by atoms with Crippen LogP contribution >= 0.6 is 0 Å². The summed E-state index contributed by atoms with van der Waals surface area (Å²) in [7, 11) is 0. The monoisotopic (exact) mass is 489 g/mol. The molecule has 1 amide bonds. The molecule has 190 valence electrons. The van der Waals surface area contributed by atoms with Gasteiger partial charge in [0, 0.05) is 0 Å². The first-order chi connectivity index (χ1) is 16.1. The van der Waals surface area contributed by atoms with Gasteiger partial charge in [0.05, 0.1) is 24.3 Å². The second-order valence-corrected chi connectivity index (χ2v) is 7.87. The lowest BCUT2D eigenvalue weighted by atomic mass is 9.98. The number of aliphatic hydroxyl groups is 8. The van der Waals surface area contributed by atoms with Crippen LogP contribution in [-0.4, -0.2) is 127 Å². The summed E-state index contributed by atoms with van der Waals surface area (Å²) in [4.78, 5) is 25.5. The summed E-state index contributed by atoms with van der Waals surface area (Å²) in [5, 5.41) is 80.3. The average molecular weight is 489 g/mol. The van der Waals surface area contributed by atoms with E-state index in [-0.39, 0.29) is 11.1 Å². The zero-order valence-electron chi connectivity index (χ0n) is 17.6. The van der Waals surface area contributed by atoms with Gasteiger partial charge in [-0.05, 0) is 12.1 Å². The Morgan fingerprint density at radius 3 is 1.88 bits per heavy atom. The van der Waals surface area contributed by atoms with E-state index < -0.39 is 86.4 Å². The summed E-state index contributed by atoms with van der Waals surface area (Å²) in [6.07, 6.45) is -16.3. The topological polar surface area (TPSA) is 236 Å². The van der Waals surface area contributed by atoms with Gasteiger partial charge in [0.1, 0.15) is 48.8 Å². The quantitative estimate of drug-likeness (QED) is 0.171. The summed E-state index contributed by atoms with van der Waals surface area (Å²) < 4.78 is 15.4. The van der Waals surface area contributed by atoms with Crippen molar-refractivity contribution in [2.24, 2.45) is 0 Å². The normalized spacial score (nSPS) is 38.2. The fourth-order valence-corrected chi connectivity index (χ4v) is 3.62. The number of hydrogen-bond acceptors (Lipinski definition) is 13. The fraction of sp³-hybridized carbons (Fsp3) is 0.600. The number of aliphatic hydroxyl groups excluding tert-OH is 8. The Hall–Kier alpha value is -2.24. The maximum atomic E-state index is 12.8. The van der Waals surface area contributed by atoms with Crippen LogP contribution in [0.2, 0.25) is 0 Å². The molecule has 9 N–H and O–H groups in total. The predicted octanol–water partition coefficient (Wildman–Crippen LogP) is -4.83. The van der Waals surface area contributed by atoms with Gasteiger partial charge in [-0.15, -0.1) is 0 Å². The minimum Gasteiger partial charge on any atom is -0.429 e. The van der Waals surface area contributed by atoms with Crippen LogP contribution in [0.4, 0.5) is 0 Å². The zero-order valence-corrected chi connectivity index (χ0v) is 17.6. The number of amides is 1. The molecule has 0 aliphatic carbocycles. The van der Waals surface area contributed by atoms with Gasteiger partial charge in [-0.1, -0.05) is 12.1 Å². The molecule has 14 heteroatoms. The molecule has 0 bridgehead atoms. The van der Waals surface area contributed by atoms with E-state index in [1.807, 2.05) is 0 Å². The second-order valence-electron chi connectivity index (χ2n) is 7.87. The van der Waals surface area contributed by atoms with Crippen molar-refractivity contribution in [1.29, 1.82) is 0 Å². The number of hydrogen-bond donors (Lipinski definition) is 9. The summed E-state index contributed by atoms with van der Waals surface area (Å²) in [6.45, 7) is -1.45. The van der Waals surface area contributed by atoms with Gasteiger partial charge >= 0.3 is 5.97 Å². The maximum Gasteiger partial charge on any atom is 0.341 e. The molecule has 34 heavy (non-hydrogen) atoms. The lowest BCUT2D eigenvalue weighted by Crippen LogP contribution is -2.63. The number of rotatable bonds is 6. The van der Waals surface area contributed by atoms with Gasteiger partial charge in [0.15, 0.2) is 6.23 Å². The number of nitrogens with one attached hydrogen (secondary N) is 1. The molecule has 0 saturated carbocycles. The first-order valence-corrected chi connectivity index (χ1v) is 10.3. The third kappa shape index (κ3) is 5.21. The molecule has 3 rings (SSSR count). The smallest absolute Gasteiger partial charge is 0.341 e. The molecular weight excluding hydrogens is 462 g/mol. The fourth-order valence-electron chi connectivity index (χ4n) is 3.62. The highest BCUT2D eigenvalue weighted by atomic mass is 16.7. The van der Waals surface area contributed by atoms with E-state index in [9.17, 15) is 50.4 Å². The molecular formula is C20H27NO13. The van der Waals surface area contributed by atoms with E-state index in [2.05, 4.69) is 5.32 Å². The van der Waals surface area contributed by atoms with E-state index in [4.69, 9.17) is 14.2 Å². The van der Waals surface area contributed by atoms with Gasteiger partial charge in [-0.25, -0.2) is 4.79 Å². The molecule has 0 aromatic heterocycles. The van der Waals surface area contributed by atoms with Crippen molar-refractivity contribution in [2.45, 2.75) is 61.3 Å². The van der Waals surface area contributed by atoms with Crippen molar-refractivity contribution in [3.8, 4) is 0 Å². The molecule has 2 aliphatic rings. The van der Waals surface area contributed by atoms with Crippen LogP contribution < -0.4 is 5.32 Å². The number of esters is 1. The number of ether oxygens (including phenoxy) is 3. The standard InChI is InChI=1S/C20H27NO13/c22-5-9-11(24)13(26)15(28)18(32-9)21-17(30)7-3-1-2-4-8(7)19(31)34-20-16(29)14(27)12(25)10(6-23)33-20/h1-4,9-16,18,20,22-29H,5-6H2,(H,21,30)/t9-,10-,11-,12+,13+,14+,15-,16-,18-,20-/m1/s1. The lowest BCUT2D eigenvalue weighted by Gasteiger charge is -2.40.